The summed E-state index contributed by atoms with van der Waals surface area (Å²) in [5, 5.41) is 7.19. The topological polar surface area (TPSA) is 73.2 Å². The van der Waals surface area contributed by atoms with Crippen molar-refractivity contribution < 1.29 is 14.3 Å². The fraction of sp³-hybridized carbons (Fsp3) is 0.706. The van der Waals surface area contributed by atoms with Crippen LogP contribution in [0.15, 0.2) is 12.3 Å². The van der Waals surface area contributed by atoms with E-state index in [0.29, 0.717) is 17.7 Å². The summed E-state index contributed by atoms with van der Waals surface area (Å²) in [5.41, 5.74) is 0. The highest BCUT2D eigenvalue weighted by atomic mass is 16.5. The summed E-state index contributed by atoms with van der Waals surface area (Å²) in [7, 11) is 1.35. The molecule has 4 saturated carbocycles. The summed E-state index contributed by atoms with van der Waals surface area (Å²) in [4.78, 5) is 24.0. The number of rotatable bonds is 4. The second-order valence-corrected chi connectivity index (χ2v) is 7.42. The second kappa shape index (κ2) is 5.65. The van der Waals surface area contributed by atoms with Gasteiger partial charge in [0.15, 0.2) is 5.82 Å². The maximum atomic E-state index is 12.7. The van der Waals surface area contributed by atoms with Gasteiger partial charge in [0, 0.05) is 18.2 Å². The van der Waals surface area contributed by atoms with Gasteiger partial charge in [-0.05, 0) is 55.8 Å². The average molecular weight is 317 g/mol. The molecule has 1 amide bonds. The van der Waals surface area contributed by atoms with Gasteiger partial charge in [0.1, 0.15) is 6.54 Å². The summed E-state index contributed by atoms with van der Waals surface area (Å²) in [5.74, 6) is 3.27. The SMILES string of the molecule is COC(=O)Cn1ccc(NC(=O)C2C3CC4CC(C3)CC2C4)n1. The van der Waals surface area contributed by atoms with Crippen LogP contribution in [0, 0.1) is 29.6 Å². The lowest BCUT2D eigenvalue weighted by molar-refractivity contribution is -0.141. The van der Waals surface area contributed by atoms with Gasteiger partial charge in [0.05, 0.1) is 7.11 Å². The van der Waals surface area contributed by atoms with Crippen LogP contribution in [0.2, 0.25) is 0 Å². The van der Waals surface area contributed by atoms with E-state index in [0.717, 1.165) is 11.8 Å². The van der Waals surface area contributed by atoms with E-state index in [1.54, 1.807) is 12.3 Å². The monoisotopic (exact) mass is 317 g/mol. The van der Waals surface area contributed by atoms with Crippen LogP contribution in [0.3, 0.4) is 0 Å². The summed E-state index contributed by atoms with van der Waals surface area (Å²) in [6.45, 7) is 0.0599. The number of carbonyl (C=O) groups is 2. The third-order valence-electron chi connectivity index (χ3n) is 5.94. The highest BCUT2D eigenvalue weighted by molar-refractivity contribution is 5.92. The molecule has 124 valence electrons. The smallest absolute Gasteiger partial charge is 0.327 e. The average Bonchev–Trinajstić information content (AvgIpc) is 2.93. The molecule has 0 radical (unpaired) electrons. The summed E-state index contributed by atoms with van der Waals surface area (Å²) < 4.78 is 6.10. The molecule has 4 fully saturated rings. The minimum atomic E-state index is -0.355. The van der Waals surface area contributed by atoms with E-state index in [1.165, 1.54) is 43.9 Å². The number of methoxy groups -OCH3 is 1. The Morgan fingerprint density at radius 1 is 1.22 bits per heavy atom. The quantitative estimate of drug-likeness (QED) is 0.863. The van der Waals surface area contributed by atoms with Crippen molar-refractivity contribution in [2.45, 2.75) is 38.6 Å². The zero-order valence-electron chi connectivity index (χ0n) is 13.4. The van der Waals surface area contributed by atoms with Crippen LogP contribution in [-0.2, 0) is 20.9 Å². The molecule has 1 heterocycles. The molecule has 0 aromatic carbocycles. The van der Waals surface area contributed by atoms with Gasteiger partial charge >= 0.3 is 5.97 Å². The lowest BCUT2D eigenvalue weighted by Gasteiger charge is -2.53. The van der Waals surface area contributed by atoms with Crippen molar-refractivity contribution in [2.75, 3.05) is 12.4 Å². The predicted molar refractivity (Wildman–Crippen MR) is 83.4 cm³/mol. The Hall–Kier alpha value is -1.85. The molecule has 0 aliphatic heterocycles. The van der Waals surface area contributed by atoms with Crippen LogP contribution in [-0.4, -0.2) is 28.8 Å². The van der Waals surface area contributed by atoms with E-state index in [-0.39, 0.29) is 24.3 Å². The number of nitrogens with one attached hydrogen (secondary N) is 1. The number of aromatic nitrogens is 2. The van der Waals surface area contributed by atoms with E-state index >= 15 is 0 Å². The van der Waals surface area contributed by atoms with Gasteiger partial charge in [-0.1, -0.05) is 0 Å². The molecule has 0 atom stereocenters. The molecule has 1 aromatic heterocycles. The third kappa shape index (κ3) is 2.75. The Morgan fingerprint density at radius 2 is 1.87 bits per heavy atom. The first-order valence-corrected chi connectivity index (χ1v) is 8.53. The molecule has 4 aliphatic carbocycles. The highest BCUT2D eigenvalue weighted by Crippen LogP contribution is 2.56. The standard InChI is InChI=1S/C17H23N3O3/c1-23-15(21)9-20-3-2-14(19-20)18-17(22)16-12-5-10-4-11(7-12)8-13(16)6-10/h2-3,10-13,16H,4-9H2,1H3,(H,18,19,22). The molecule has 6 nitrogen and oxygen atoms in total. The molecule has 5 rings (SSSR count). The van der Waals surface area contributed by atoms with E-state index in [9.17, 15) is 9.59 Å². The lowest BCUT2D eigenvalue weighted by Crippen LogP contribution is -2.49. The molecule has 0 unspecified atom stereocenters. The van der Waals surface area contributed by atoms with Crippen molar-refractivity contribution >= 4 is 17.7 Å². The number of esters is 1. The largest absolute Gasteiger partial charge is 0.468 e. The lowest BCUT2D eigenvalue weighted by atomic mass is 9.51. The number of anilines is 1. The highest BCUT2D eigenvalue weighted by Gasteiger charge is 2.50. The molecular formula is C17H23N3O3. The zero-order valence-corrected chi connectivity index (χ0v) is 13.4. The molecule has 1 aromatic rings. The molecule has 4 bridgehead atoms. The Morgan fingerprint density at radius 3 is 2.48 bits per heavy atom. The summed E-state index contributed by atoms with van der Waals surface area (Å²) in [6, 6.07) is 1.73. The minimum Gasteiger partial charge on any atom is -0.468 e. The number of ether oxygens (including phenoxy) is 1. The Balaban J connectivity index is 1.41. The minimum absolute atomic E-state index is 0.0599. The van der Waals surface area contributed by atoms with Gasteiger partial charge in [-0.3, -0.25) is 14.3 Å². The number of hydrogen-bond donors (Lipinski definition) is 1. The fourth-order valence-electron chi connectivity index (χ4n) is 5.28. The number of hydrogen-bond acceptors (Lipinski definition) is 4. The van der Waals surface area contributed by atoms with Crippen LogP contribution >= 0.6 is 0 Å². The summed E-state index contributed by atoms with van der Waals surface area (Å²) >= 11 is 0. The van der Waals surface area contributed by atoms with E-state index < -0.39 is 0 Å². The predicted octanol–water partition coefficient (Wildman–Crippen LogP) is 2.07. The van der Waals surface area contributed by atoms with E-state index in [1.807, 2.05) is 0 Å². The molecular weight excluding hydrogens is 294 g/mol. The molecule has 0 saturated heterocycles. The van der Waals surface area contributed by atoms with Gasteiger partial charge in [-0.15, -0.1) is 0 Å². The zero-order chi connectivity index (χ0) is 16.0. The van der Waals surface area contributed by atoms with E-state index in [4.69, 9.17) is 0 Å². The Kier molecular flexibility index (Phi) is 3.62. The van der Waals surface area contributed by atoms with Crippen LogP contribution < -0.4 is 5.32 Å². The molecule has 1 N–H and O–H groups in total. The first kappa shape index (κ1) is 14.7. The molecule has 0 spiro atoms. The molecule has 23 heavy (non-hydrogen) atoms. The third-order valence-corrected chi connectivity index (χ3v) is 5.94. The maximum Gasteiger partial charge on any atom is 0.327 e. The van der Waals surface area contributed by atoms with Gasteiger partial charge in [-0.25, -0.2) is 0 Å². The first-order valence-electron chi connectivity index (χ1n) is 8.53. The van der Waals surface area contributed by atoms with Crippen molar-refractivity contribution in [3.8, 4) is 0 Å². The van der Waals surface area contributed by atoms with Gasteiger partial charge in [0.2, 0.25) is 5.91 Å². The number of amides is 1. The van der Waals surface area contributed by atoms with Crippen molar-refractivity contribution in [1.29, 1.82) is 0 Å². The van der Waals surface area contributed by atoms with Gasteiger partial charge in [0.25, 0.3) is 0 Å². The second-order valence-electron chi connectivity index (χ2n) is 7.42. The van der Waals surface area contributed by atoms with E-state index in [2.05, 4.69) is 15.2 Å². The fourth-order valence-corrected chi connectivity index (χ4v) is 5.28. The first-order chi connectivity index (χ1) is 11.1. The van der Waals surface area contributed by atoms with Crippen LogP contribution in [0.1, 0.15) is 32.1 Å². The Bertz CT molecular complexity index is 596. The molecule has 6 heteroatoms. The van der Waals surface area contributed by atoms with Crippen LogP contribution in [0.5, 0.6) is 0 Å². The number of nitrogens with zero attached hydrogens (tertiary/aromatic N) is 2. The van der Waals surface area contributed by atoms with Crippen molar-refractivity contribution in [3.05, 3.63) is 12.3 Å². The van der Waals surface area contributed by atoms with Gasteiger partial charge < -0.3 is 10.1 Å². The van der Waals surface area contributed by atoms with Crippen molar-refractivity contribution in [2.24, 2.45) is 29.6 Å². The Labute approximate surface area is 135 Å². The molecule has 4 aliphatic rings. The van der Waals surface area contributed by atoms with Crippen molar-refractivity contribution in [1.82, 2.24) is 9.78 Å². The van der Waals surface area contributed by atoms with Crippen molar-refractivity contribution in [3.63, 3.8) is 0 Å². The van der Waals surface area contributed by atoms with Crippen LogP contribution in [0.4, 0.5) is 5.82 Å². The normalized spacial score (nSPS) is 34.4. The van der Waals surface area contributed by atoms with Crippen LogP contribution in [0.25, 0.3) is 0 Å². The maximum absolute atomic E-state index is 12.7. The van der Waals surface area contributed by atoms with Gasteiger partial charge in [-0.2, -0.15) is 5.10 Å². The number of carbonyl (C=O) groups excluding carboxylic acids is 2. The summed E-state index contributed by atoms with van der Waals surface area (Å²) in [6.07, 6.45) is 7.97.